The van der Waals surface area contributed by atoms with Gasteiger partial charge in [-0.2, -0.15) is 0 Å². The fraction of sp³-hybridized carbons (Fsp3) is 0.0667. The van der Waals surface area contributed by atoms with E-state index in [0.29, 0.717) is 10.7 Å². The Morgan fingerprint density at radius 1 is 1.24 bits per heavy atom. The van der Waals surface area contributed by atoms with Crippen molar-refractivity contribution in [2.75, 3.05) is 11.9 Å². The molecule has 0 aliphatic rings. The van der Waals surface area contributed by atoms with Gasteiger partial charge in [0.25, 0.3) is 5.91 Å². The van der Waals surface area contributed by atoms with Crippen molar-refractivity contribution < 1.29 is 14.0 Å². The lowest BCUT2D eigenvalue weighted by atomic mass is 10.2. The van der Waals surface area contributed by atoms with Crippen LogP contribution in [-0.4, -0.2) is 18.7 Å². The second kappa shape index (κ2) is 7.40. The summed E-state index contributed by atoms with van der Waals surface area (Å²) in [5, 5.41) is 6.56. The zero-order valence-corrected chi connectivity index (χ0v) is 11.7. The van der Waals surface area contributed by atoms with E-state index in [0.717, 1.165) is 0 Å². The molecule has 0 aliphatic carbocycles. The number of carbonyl (C=O) groups is 1. The Balaban J connectivity index is 1.82. The number of benzene rings is 2. The molecule has 1 N–H and O–H groups in total. The fourth-order valence-electron chi connectivity index (χ4n) is 1.52. The Morgan fingerprint density at radius 2 is 1.95 bits per heavy atom. The van der Waals surface area contributed by atoms with E-state index in [9.17, 15) is 9.18 Å². The second-order valence-corrected chi connectivity index (χ2v) is 4.46. The Morgan fingerprint density at radius 3 is 2.71 bits per heavy atom. The lowest BCUT2D eigenvalue weighted by Gasteiger charge is -2.05. The molecule has 0 heterocycles. The topological polar surface area (TPSA) is 50.7 Å². The van der Waals surface area contributed by atoms with E-state index in [4.69, 9.17) is 16.4 Å². The quantitative estimate of drug-likeness (QED) is 0.679. The summed E-state index contributed by atoms with van der Waals surface area (Å²) in [6.07, 6.45) is 1.21. The first kappa shape index (κ1) is 15.0. The third kappa shape index (κ3) is 4.57. The molecule has 2 rings (SSSR count). The Labute approximate surface area is 126 Å². The minimum atomic E-state index is -0.412. The van der Waals surface area contributed by atoms with Crippen molar-refractivity contribution in [3.8, 4) is 0 Å². The van der Waals surface area contributed by atoms with Crippen LogP contribution in [0.25, 0.3) is 0 Å². The van der Waals surface area contributed by atoms with Gasteiger partial charge in [0.1, 0.15) is 5.82 Å². The molecule has 0 fully saturated rings. The molecule has 0 bridgehead atoms. The maximum atomic E-state index is 13.3. The molecule has 0 saturated heterocycles. The zero-order valence-electron chi connectivity index (χ0n) is 10.9. The van der Waals surface area contributed by atoms with Crippen LogP contribution < -0.4 is 5.32 Å². The van der Waals surface area contributed by atoms with Crippen LogP contribution in [0.3, 0.4) is 0 Å². The molecule has 0 aromatic heterocycles. The summed E-state index contributed by atoms with van der Waals surface area (Å²) in [4.78, 5) is 16.4. The van der Waals surface area contributed by atoms with Gasteiger partial charge >= 0.3 is 0 Å². The van der Waals surface area contributed by atoms with Gasteiger partial charge in [0, 0.05) is 5.56 Å². The van der Waals surface area contributed by atoms with Crippen LogP contribution in [0.4, 0.5) is 10.1 Å². The number of hydrogen-bond donors (Lipinski definition) is 1. The van der Waals surface area contributed by atoms with E-state index < -0.39 is 11.7 Å². The van der Waals surface area contributed by atoms with Gasteiger partial charge in [-0.3, -0.25) is 4.79 Å². The van der Waals surface area contributed by atoms with Gasteiger partial charge < -0.3 is 10.2 Å². The monoisotopic (exact) mass is 306 g/mol. The zero-order chi connectivity index (χ0) is 15.1. The summed E-state index contributed by atoms with van der Waals surface area (Å²) in [6, 6.07) is 12.9. The molecule has 2 aromatic carbocycles. The normalized spacial score (nSPS) is 10.6. The van der Waals surface area contributed by atoms with Crippen LogP contribution in [0, 0.1) is 5.82 Å². The molecule has 2 aromatic rings. The first-order valence-electron chi connectivity index (χ1n) is 6.11. The molecule has 6 heteroatoms. The van der Waals surface area contributed by atoms with Crippen LogP contribution in [-0.2, 0) is 9.63 Å². The lowest BCUT2D eigenvalue weighted by Crippen LogP contribution is -2.17. The van der Waals surface area contributed by atoms with Crippen molar-refractivity contribution in [3.05, 3.63) is 64.9 Å². The van der Waals surface area contributed by atoms with E-state index in [1.807, 2.05) is 0 Å². The van der Waals surface area contributed by atoms with Crippen LogP contribution in [0.15, 0.2) is 53.7 Å². The predicted molar refractivity (Wildman–Crippen MR) is 80.0 cm³/mol. The van der Waals surface area contributed by atoms with E-state index in [-0.39, 0.29) is 12.2 Å². The largest absolute Gasteiger partial charge is 0.386 e. The molecule has 0 unspecified atom stereocenters. The molecule has 108 valence electrons. The number of amides is 1. The molecule has 4 nitrogen and oxygen atoms in total. The van der Waals surface area contributed by atoms with Crippen molar-refractivity contribution in [1.82, 2.24) is 0 Å². The maximum absolute atomic E-state index is 13.3. The lowest BCUT2D eigenvalue weighted by molar-refractivity contribution is -0.120. The smallest absolute Gasteiger partial charge is 0.265 e. The third-order valence-electron chi connectivity index (χ3n) is 2.52. The summed E-state index contributed by atoms with van der Waals surface area (Å²) >= 11 is 5.90. The van der Waals surface area contributed by atoms with Gasteiger partial charge in [0.15, 0.2) is 6.61 Å². The molecular weight excluding hydrogens is 295 g/mol. The number of para-hydroxylation sites is 1. The van der Waals surface area contributed by atoms with Crippen molar-refractivity contribution in [2.24, 2.45) is 5.16 Å². The van der Waals surface area contributed by atoms with Gasteiger partial charge in [-0.15, -0.1) is 0 Å². The Bertz CT molecular complexity index is 662. The van der Waals surface area contributed by atoms with Gasteiger partial charge in [-0.1, -0.05) is 47.1 Å². The SMILES string of the molecule is O=C(CO/N=C\c1ccccc1F)Nc1ccccc1Cl. The first-order chi connectivity index (χ1) is 10.2. The molecule has 0 saturated carbocycles. The summed E-state index contributed by atoms with van der Waals surface area (Å²) in [6.45, 7) is -0.295. The second-order valence-electron chi connectivity index (χ2n) is 4.06. The highest BCUT2D eigenvalue weighted by molar-refractivity contribution is 6.33. The number of hydrogen-bond acceptors (Lipinski definition) is 3. The summed E-state index contributed by atoms with van der Waals surface area (Å²) < 4.78 is 13.3. The highest BCUT2D eigenvalue weighted by Crippen LogP contribution is 2.20. The van der Waals surface area contributed by atoms with Gasteiger partial charge in [0.05, 0.1) is 16.9 Å². The highest BCUT2D eigenvalue weighted by atomic mass is 35.5. The molecular formula is C15H12ClFN2O2. The van der Waals surface area contributed by atoms with Crippen LogP contribution in [0.2, 0.25) is 5.02 Å². The Kier molecular flexibility index (Phi) is 5.29. The number of anilines is 1. The first-order valence-corrected chi connectivity index (χ1v) is 6.49. The minimum absolute atomic E-state index is 0.281. The van der Waals surface area contributed by atoms with Crippen LogP contribution in [0.1, 0.15) is 5.56 Å². The average Bonchev–Trinajstić information content (AvgIpc) is 2.48. The number of halogens is 2. The van der Waals surface area contributed by atoms with Crippen molar-refractivity contribution >= 4 is 29.4 Å². The molecule has 0 aliphatic heterocycles. The van der Waals surface area contributed by atoms with Crippen molar-refractivity contribution in [2.45, 2.75) is 0 Å². The van der Waals surface area contributed by atoms with Crippen LogP contribution >= 0.6 is 11.6 Å². The molecule has 1 amide bonds. The van der Waals surface area contributed by atoms with E-state index in [1.165, 1.54) is 12.3 Å². The van der Waals surface area contributed by atoms with Crippen molar-refractivity contribution in [3.63, 3.8) is 0 Å². The average molecular weight is 307 g/mol. The molecule has 0 spiro atoms. The van der Waals surface area contributed by atoms with E-state index in [1.54, 1.807) is 42.5 Å². The Hall–Kier alpha value is -2.40. The summed E-state index contributed by atoms with van der Waals surface area (Å²) in [5.74, 6) is -0.820. The summed E-state index contributed by atoms with van der Waals surface area (Å²) in [5.41, 5.74) is 0.773. The third-order valence-corrected chi connectivity index (χ3v) is 2.84. The van der Waals surface area contributed by atoms with Crippen LogP contribution in [0.5, 0.6) is 0 Å². The van der Waals surface area contributed by atoms with E-state index in [2.05, 4.69) is 10.5 Å². The number of rotatable bonds is 5. The number of nitrogens with zero attached hydrogens (tertiary/aromatic N) is 1. The van der Waals surface area contributed by atoms with Gasteiger partial charge in [-0.25, -0.2) is 4.39 Å². The molecule has 0 atom stereocenters. The van der Waals surface area contributed by atoms with Gasteiger partial charge in [0.2, 0.25) is 0 Å². The maximum Gasteiger partial charge on any atom is 0.265 e. The van der Waals surface area contributed by atoms with E-state index >= 15 is 0 Å². The minimum Gasteiger partial charge on any atom is -0.386 e. The summed E-state index contributed by atoms with van der Waals surface area (Å²) in [7, 11) is 0. The standard InChI is InChI=1S/C15H12ClFN2O2/c16-12-6-2-4-8-14(12)19-15(20)10-21-18-9-11-5-1-3-7-13(11)17/h1-9H,10H2,(H,19,20)/b18-9-. The highest BCUT2D eigenvalue weighted by Gasteiger charge is 2.05. The van der Waals surface area contributed by atoms with Crippen molar-refractivity contribution in [1.29, 1.82) is 0 Å². The van der Waals surface area contributed by atoms with Gasteiger partial charge in [-0.05, 0) is 18.2 Å². The fourth-order valence-corrected chi connectivity index (χ4v) is 1.70. The predicted octanol–water partition coefficient (Wildman–Crippen LogP) is 3.47. The molecule has 0 radical (unpaired) electrons. The molecule has 21 heavy (non-hydrogen) atoms. The number of oxime groups is 1. The number of nitrogens with one attached hydrogen (secondary N) is 1. The number of carbonyl (C=O) groups excluding carboxylic acids is 1.